The molecule has 0 aromatic heterocycles. The third kappa shape index (κ3) is 5.11. The van der Waals surface area contributed by atoms with E-state index in [-0.39, 0.29) is 11.8 Å². The molecule has 1 N–H and O–H groups in total. The van der Waals surface area contributed by atoms with Crippen molar-refractivity contribution in [3.05, 3.63) is 63.1 Å². The summed E-state index contributed by atoms with van der Waals surface area (Å²) in [6, 6.07) is 13.0. The van der Waals surface area contributed by atoms with Gasteiger partial charge >= 0.3 is 0 Å². The first-order chi connectivity index (χ1) is 12.0. The Labute approximate surface area is 162 Å². The van der Waals surface area contributed by atoms with E-state index >= 15 is 0 Å². The molecule has 0 aliphatic carbocycles. The van der Waals surface area contributed by atoms with Crippen LogP contribution in [0.3, 0.4) is 0 Å². The summed E-state index contributed by atoms with van der Waals surface area (Å²) in [6.07, 6.45) is 1.90. The Morgan fingerprint density at radius 1 is 1.08 bits per heavy atom. The van der Waals surface area contributed by atoms with Gasteiger partial charge in [0.2, 0.25) is 5.91 Å². The van der Waals surface area contributed by atoms with Crippen molar-refractivity contribution in [3.8, 4) is 0 Å². The average Bonchev–Trinajstić information content (AvgIpc) is 2.60. The van der Waals surface area contributed by atoms with Crippen LogP contribution in [0.4, 0.5) is 5.69 Å². The van der Waals surface area contributed by atoms with Gasteiger partial charge in [0.15, 0.2) is 0 Å². The summed E-state index contributed by atoms with van der Waals surface area (Å²) < 4.78 is 0. The fourth-order valence-corrected chi connectivity index (χ4v) is 3.50. The Kier molecular flexibility index (Phi) is 6.24. The molecule has 0 bridgehead atoms. The Bertz CT molecular complexity index is 749. The van der Waals surface area contributed by atoms with Crippen molar-refractivity contribution >= 4 is 46.4 Å². The monoisotopic (exact) mass is 396 g/mol. The molecule has 1 atom stereocenters. The molecule has 1 aliphatic rings. The zero-order valence-electron chi connectivity index (χ0n) is 13.6. The summed E-state index contributed by atoms with van der Waals surface area (Å²) >= 11 is 17.9. The van der Waals surface area contributed by atoms with E-state index in [4.69, 9.17) is 34.8 Å². The van der Waals surface area contributed by atoms with Crippen LogP contribution in [0.1, 0.15) is 18.4 Å². The molecule has 3 rings (SSSR count). The van der Waals surface area contributed by atoms with E-state index < -0.39 is 0 Å². The summed E-state index contributed by atoms with van der Waals surface area (Å²) in [4.78, 5) is 14.9. The number of rotatable bonds is 4. The number of halogens is 3. The second-order valence-corrected chi connectivity index (χ2v) is 7.57. The standard InChI is InChI=1S/C19H19Cl3N2O/c20-15-5-3-13(4-6-15)11-24-9-1-2-14(12-24)19(25)23-16-7-8-17(21)18(22)10-16/h3-8,10,14H,1-2,9,11-12H2,(H,23,25)/t14-/m0/s1. The number of nitrogens with one attached hydrogen (secondary N) is 1. The predicted octanol–water partition coefficient (Wildman–Crippen LogP) is 5.50. The maximum atomic E-state index is 12.6. The van der Waals surface area contributed by atoms with Crippen molar-refractivity contribution in [1.82, 2.24) is 4.90 Å². The van der Waals surface area contributed by atoms with E-state index in [1.807, 2.05) is 24.3 Å². The number of anilines is 1. The van der Waals surface area contributed by atoms with Crippen LogP contribution in [0.2, 0.25) is 15.1 Å². The molecule has 0 radical (unpaired) electrons. The van der Waals surface area contributed by atoms with E-state index in [0.717, 1.165) is 37.5 Å². The van der Waals surface area contributed by atoms with E-state index in [1.54, 1.807) is 18.2 Å². The van der Waals surface area contributed by atoms with Crippen LogP contribution >= 0.6 is 34.8 Å². The maximum Gasteiger partial charge on any atom is 0.228 e. The zero-order chi connectivity index (χ0) is 17.8. The van der Waals surface area contributed by atoms with Crippen LogP contribution in [0.15, 0.2) is 42.5 Å². The van der Waals surface area contributed by atoms with Gasteiger partial charge in [0.05, 0.1) is 16.0 Å². The molecule has 1 fully saturated rings. The van der Waals surface area contributed by atoms with Gasteiger partial charge in [0.25, 0.3) is 0 Å². The van der Waals surface area contributed by atoms with Gasteiger partial charge in [-0.1, -0.05) is 46.9 Å². The Balaban J connectivity index is 1.59. The van der Waals surface area contributed by atoms with E-state index in [1.165, 1.54) is 5.56 Å². The molecular weight excluding hydrogens is 379 g/mol. The minimum absolute atomic E-state index is 0.0270. The molecule has 1 heterocycles. The summed E-state index contributed by atoms with van der Waals surface area (Å²) in [5.74, 6) is -0.00491. The molecule has 1 saturated heterocycles. The molecule has 0 spiro atoms. The Morgan fingerprint density at radius 3 is 2.56 bits per heavy atom. The van der Waals surface area contributed by atoms with Gasteiger partial charge in [-0.25, -0.2) is 0 Å². The number of nitrogens with zero attached hydrogens (tertiary/aromatic N) is 1. The number of hydrogen-bond donors (Lipinski definition) is 1. The lowest BCUT2D eigenvalue weighted by molar-refractivity contribution is -0.121. The number of carbonyl (C=O) groups excluding carboxylic acids is 1. The number of benzene rings is 2. The highest BCUT2D eigenvalue weighted by molar-refractivity contribution is 6.42. The van der Waals surface area contributed by atoms with E-state index in [9.17, 15) is 4.79 Å². The van der Waals surface area contributed by atoms with Crippen molar-refractivity contribution in [2.45, 2.75) is 19.4 Å². The minimum Gasteiger partial charge on any atom is -0.326 e. The van der Waals surface area contributed by atoms with Crippen LogP contribution in [0.5, 0.6) is 0 Å². The van der Waals surface area contributed by atoms with E-state index in [2.05, 4.69) is 10.2 Å². The highest BCUT2D eigenvalue weighted by Crippen LogP contribution is 2.26. The second-order valence-electron chi connectivity index (χ2n) is 6.32. The normalized spacial score (nSPS) is 18.1. The maximum absolute atomic E-state index is 12.6. The SMILES string of the molecule is O=C(Nc1ccc(Cl)c(Cl)c1)[C@H]1CCCN(Cc2ccc(Cl)cc2)C1. The van der Waals surface area contributed by atoms with Crippen molar-refractivity contribution in [2.75, 3.05) is 18.4 Å². The molecule has 1 amide bonds. The molecule has 6 heteroatoms. The van der Waals surface area contributed by atoms with Crippen molar-refractivity contribution in [1.29, 1.82) is 0 Å². The molecule has 0 unspecified atom stereocenters. The molecule has 25 heavy (non-hydrogen) atoms. The third-order valence-corrected chi connectivity index (χ3v) is 5.37. The molecular formula is C19H19Cl3N2O. The highest BCUT2D eigenvalue weighted by atomic mass is 35.5. The lowest BCUT2D eigenvalue weighted by Crippen LogP contribution is -2.40. The van der Waals surface area contributed by atoms with Crippen LogP contribution < -0.4 is 5.32 Å². The van der Waals surface area contributed by atoms with Gasteiger partial charge in [-0.3, -0.25) is 9.69 Å². The fraction of sp³-hybridized carbons (Fsp3) is 0.316. The number of hydrogen-bond acceptors (Lipinski definition) is 2. The molecule has 3 nitrogen and oxygen atoms in total. The molecule has 2 aromatic rings. The predicted molar refractivity (Wildman–Crippen MR) is 105 cm³/mol. The van der Waals surface area contributed by atoms with Crippen LogP contribution in [-0.4, -0.2) is 23.9 Å². The smallest absolute Gasteiger partial charge is 0.228 e. The van der Waals surface area contributed by atoms with Gasteiger partial charge in [-0.2, -0.15) is 0 Å². The largest absolute Gasteiger partial charge is 0.326 e. The number of piperidine rings is 1. The first-order valence-corrected chi connectivity index (χ1v) is 9.37. The second kappa shape index (κ2) is 8.41. The lowest BCUT2D eigenvalue weighted by atomic mass is 9.96. The highest BCUT2D eigenvalue weighted by Gasteiger charge is 2.26. The van der Waals surface area contributed by atoms with Crippen LogP contribution in [0.25, 0.3) is 0 Å². The van der Waals surface area contributed by atoms with E-state index in [0.29, 0.717) is 15.7 Å². The summed E-state index contributed by atoms with van der Waals surface area (Å²) in [7, 11) is 0. The van der Waals surface area contributed by atoms with Crippen LogP contribution in [-0.2, 0) is 11.3 Å². The number of amides is 1. The lowest BCUT2D eigenvalue weighted by Gasteiger charge is -2.32. The third-order valence-electron chi connectivity index (χ3n) is 4.38. The van der Waals surface area contributed by atoms with Crippen molar-refractivity contribution in [3.63, 3.8) is 0 Å². The van der Waals surface area contributed by atoms with Gasteiger partial charge in [-0.05, 0) is 55.3 Å². The first-order valence-electron chi connectivity index (χ1n) is 8.24. The molecule has 1 aliphatic heterocycles. The van der Waals surface area contributed by atoms with Gasteiger partial charge in [0.1, 0.15) is 0 Å². The molecule has 0 saturated carbocycles. The summed E-state index contributed by atoms with van der Waals surface area (Å²) in [5, 5.41) is 4.60. The zero-order valence-corrected chi connectivity index (χ0v) is 15.9. The minimum atomic E-state index is -0.0319. The first kappa shape index (κ1) is 18.5. The topological polar surface area (TPSA) is 32.3 Å². The summed E-state index contributed by atoms with van der Waals surface area (Å²) in [5.41, 5.74) is 1.88. The van der Waals surface area contributed by atoms with Crippen LogP contribution in [0, 0.1) is 5.92 Å². The van der Waals surface area contributed by atoms with Gasteiger partial charge < -0.3 is 5.32 Å². The van der Waals surface area contributed by atoms with Gasteiger partial charge in [0, 0.05) is 23.8 Å². The average molecular weight is 398 g/mol. The van der Waals surface area contributed by atoms with Crippen molar-refractivity contribution < 1.29 is 4.79 Å². The number of carbonyl (C=O) groups is 1. The Hall–Kier alpha value is -1.26. The fourth-order valence-electron chi connectivity index (χ4n) is 3.08. The van der Waals surface area contributed by atoms with Crippen molar-refractivity contribution in [2.24, 2.45) is 5.92 Å². The summed E-state index contributed by atoms with van der Waals surface area (Å²) in [6.45, 7) is 2.57. The number of likely N-dealkylation sites (tertiary alicyclic amines) is 1. The molecule has 2 aromatic carbocycles. The Morgan fingerprint density at radius 2 is 1.84 bits per heavy atom. The quantitative estimate of drug-likeness (QED) is 0.739. The van der Waals surface area contributed by atoms with Gasteiger partial charge in [-0.15, -0.1) is 0 Å². The molecule has 132 valence electrons.